The van der Waals surface area contributed by atoms with Gasteiger partial charge in [-0.25, -0.2) is 4.98 Å². The van der Waals surface area contributed by atoms with Crippen LogP contribution in [0.15, 0.2) is 35.7 Å². The van der Waals surface area contributed by atoms with Gasteiger partial charge in [-0.05, 0) is 18.6 Å². The number of nitrogens with zero attached hydrogens (tertiary/aromatic N) is 1. The first-order valence-corrected chi connectivity index (χ1v) is 6.73. The van der Waals surface area contributed by atoms with E-state index in [9.17, 15) is 4.79 Å². The highest BCUT2D eigenvalue weighted by Gasteiger charge is 2.09. The number of rotatable bonds is 5. The van der Waals surface area contributed by atoms with E-state index in [4.69, 9.17) is 0 Å². The van der Waals surface area contributed by atoms with Crippen molar-refractivity contribution in [2.45, 2.75) is 13.3 Å². The first-order valence-electron chi connectivity index (χ1n) is 5.85. The molecule has 1 aromatic carbocycles. The quantitative estimate of drug-likeness (QED) is 0.870. The van der Waals surface area contributed by atoms with Crippen LogP contribution < -0.4 is 10.6 Å². The van der Waals surface area contributed by atoms with Crippen molar-refractivity contribution in [3.8, 4) is 0 Å². The zero-order valence-electron chi connectivity index (χ0n) is 10.1. The maximum absolute atomic E-state index is 11.7. The van der Waals surface area contributed by atoms with E-state index in [2.05, 4.69) is 15.6 Å². The second-order valence-corrected chi connectivity index (χ2v) is 4.64. The lowest BCUT2D eigenvalue weighted by atomic mass is 10.3. The molecule has 0 aliphatic heterocycles. The van der Waals surface area contributed by atoms with E-state index in [1.54, 1.807) is 5.38 Å². The van der Waals surface area contributed by atoms with Crippen LogP contribution in [0.3, 0.4) is 0 Å². The second-order valence-electron chi connectivity index (χ2n) is 3.78. The fourth-order valence-corrected chi connectivity index (χ4v) is 2.12. The highest BCUT2D eigenvalue weighted by atomic mass is 32.1. The zero-order valence-corrected chi connectivity index (χ0v) is 11.0. The molecule has 0 fully saturated rings. The van der Waals surface area contributed by atoms with Gasteiger partial charge in [0, 0.05) is 17.6 Å². The molecule has 1 amide bonds. The van der Waals surface area contributed by atoms with Crippen LogP contribution in [0.2, 0.25) is 0 Å². The minimum atomic E-state index is -0.116. The van der Waals surface area contributed by atoms with Crippen molar-refractivity contribution in [3.63, 3.8) is 0 Å². The Balaban J connectivity index is 2.00. The van der Waals surface area contributed by atoms with Gasteiger partial charge < -0.3 is 10.6 Å². The van der Waals surface area contributed by atoms with Gasteiger partial charge in [0.15, 0.2) is 5.13 Å². The largest absolute Gasteiger partial charge is 0.351 e. The van der Waals surface area contributed by atoms with Gasteiger partial charge in [0.2, 0.25) is 0 Å². The van der Waals surface area contributed by atoms with Gasteiger partial charge in [-0.15, -0.1) is 11.3 Å². The van der Waals surface area contributed by atoms with Crippen molar-refractivity contribution in [1.29, 1.82) is 0 Å². The van der Waals surface area contributed by atoms with E-state index in [0.717, 1.165) is 17.2 Å². The minimum absolute atomic E-state index is 0.116. The first-order chi connectivity index (χ1) is 8.79. The number of hydrogen-bond acceptors (Lipinski definition) is 4. The predicted molar refractivity (Wildman–Crippen MR) is 74.5 cm³/mol. The Hall–Kier alpha value is -1.88. The Bertz CT molecular complexity index is 510. The number of carbonyl (C=O) groups excluding carboxylic acids is 1. The van der Waals surface area contributed by atoms with Crippen LogP contribution in [0.5, 0.6) is 0 Å². The summed E-state index contributed by atoms with van der Waals surface area (Å²) in [6.07, 6.45) is 0.922. The third kappa shape index (κ3) is 3.30. The molecule has 2 aromatic rings. The van der Waals surface area contributed by atoms with Crippen LogP contribution >= 0.6 is 11.3 Å². The Morgan fingerprint density at radius 3 is 2.83 bits per heavy atom. The molecule has 0 saturated heterocycles. The molecule has 0 radical (unpaired) electrons. The number of hydrogen-bond donors (Lipinski definition) is 2. The number of amides is 1. The molecule has 0 aliphatic rings. The van der Waals surface area contributed by atoms with E-state index in [0.29, 0.717) is 12.2 Å². The fraction of sp³-hybridized carbons (Fsp3) is 0.231. The molecule has 5 heteroatoms. The average Bonchev–Trinajstić information content (AvgIpc) is 2.86. The summed E-state index contributed by atoms with van der Waals surface area (Å²) in [6.45, 7) is 2.70. The van der Waals surface area contributed by atoms with Gasteiger partial charge >= 0.3 is 0 Å². The molecule has 2 rings (SSSR count). The number of thiazole rings is 1. The van der Waals surface area contributed by atoms with E-state index in [-0.39, 0.29) is 5.91 Å². The van der Waals surface area contributed by atoms with Crippen molar-refractivity contribution in [3.05, 3.63) is 41.4 Å². The smallest absolute Gasteiger partial charge is 0.270 e. The third-order valence-electron chi connectivity index (χ3n) is 2.30. The molecular formula is C13H15N3OS. The summed E-state index contributed by atoms with van der Waals surface area (Å²) in [7, 11) is 0. The molecule has 0 saturated carbocycles. The van der Waals surface area contributed by atoms with Gasteiger partial charge in [-0.2, -0.15) is 0 Å². The van der Waals surface area contributed by atoms with Crippen molar-refractivity contribution < 1.29 is 4.79 Å². The normalized spacial score (nSPS) is 10.1. The number of anilines is 2. The van der Waals surface area contributed by atoms with Crippen LogP contribution in [0, 0.1) is 0 Å². The highest BCUT2D eigenvalue weighted by Crippen LogP contribution is 2.20. The molecule has 0 bridgehead atoms. The van der Waals surface area contributed by atoms with E-state index in [1.807, 2.05) is 37.3 Å². The Labute approximate surface area is 110 Å². The summed E-state index contributed by atoms with van der Waals surface area (Å²) in [4.78, 5) is 15.9. The summed E-state index contributed by atoms with van der Waals surface area (Å²) in [5.74, 6) is -0.116. The molecular weight excluding hydrogens is 246 g/mol. The molecule has 2 N–H and O–H groups in total. The molecule has 1 heterocycles. The molecule has 0 aliphatic carbocycles. The lowest BCUT2D eigenvalue weighted by Gasteiger charge is -2.01. The summed E-state index contributed by atoms with van der Waals surface area (Å²) in [6, 6.07) is 9.77. The maximum Gasteiger partial charge on any atom is 0.270 e. The van der Waals surface area contributed by atoms with Crippen LogP contribution in [0.25, 0.3) is 0 Å². The average molecular weight is 261 g/mol. The van der Waals surface area contributed by atoms with Gasteiger partial charge in [0.1, 0.15) is 5.69 Å². The monoisotopic (exact) mass is 261 g/mol. The topological polar surface area (TPSA) is 54.0 Å². The minimum Gasteiger partial charge on any atom is -0.351 e. The number of aromatic nitrogens is 1. The summed E-state index contributed by atoms with van der Waals surface area (Å²) < 4.78 is 0. The van der Waals surface area contributed by atoms with Crippen molar-refractivity contribution in [1.82, 2.24) is 10.3 Å². The molecule has 18 heavy (non-hydrogen) atoms. The lowest BCUT2D eigenvalue weighted by molar-refractivity contribution is 0.0949. The molecule has 0 unspecified atom stereocenters. The standard InChI is InChI=1S/C13H15N3OS/c1-2-8-14-12(17)11-9-18-13(16-11)15-10-6-4-3-5-7-10/h3-7,9H,2,8H2,1H3,(H,14,17)(H,15,16). The third-order valence-corrected chi connectivity index (χ3v) is 3.06. The Morgan fingerprint density at radius 1 is 1.33 bits per heavy atom. The van der Waals surface area contributed by atoms with Crippen molar-refractivity contribution in [2.24, 2.45) is 0 Å². The van der Waals surface area contributed by atoms with Gasteiger partial charge in [-0.3, -0.25) is 4.79 Å². The van der Waals surface area contributed by atoms with E-state index < -0.39 is 0 Å². The van der Waals surface area contributed by atoms with E-state index >= 15 is 0 Å². The second kappa shape index (κ2) is 6.16. The van der Waals surface area contributed by atoms with E-state index in [1.165, 1.54) is 11.3 Å². The fourth-order valence-electron chi connectivity index (χ4n) is 1.41. The molecule has 1 aromatic heterocycles. The molecule has 94 valence electrons. The van der Waals surface area contributed by atoms with Crippen molar-refractivity contribution in [2.75, 3.05) is 11.9 Å². The summed E-state index contributed by atoms with van der Waals surface area (Å²) >= 11 is 1.42. The van der Waals surface area contributed by atoms with Gasteiger partial charge in [0.05, 0.1) is 0 Å². The highest BCUT2D eigenvalue weighted by molar-refractivity contribution is 7.14. The number of para-hydroxylation sites is 1. The van der Waals surface area contributed by atoms with Crippen LogP contribution in [-0.2, 0) is 0 Å². The molecule has 0 atom stereocenters. The number of nitrogens with one attached hydrogen (secondary N) is 2. The maximum atomic E-state index is 11.7. The number of carbonyl (C=O) groups is 1. The van der Waals surface area contributed by atoms with Crippen LogP contribution in [0.4, 0.5) is 10.8 Å². The summed E-state index contributed by atoms with van der Waals surface area (Å²) in [5, 5.41) is 8.45. The van der Waals surface area contributed by atoms with Gasteiger partial charge in [-0.1, -0.05) is 25.1 Å². The first kappa shape index (κ1) is 12.6. The van der Waals surface area contributed by atoms with Gasteiger partial charge in [0.25, 0.3) is 5.91 Å². The van der Waals surface area contributed by atoms with Crippen molar-refractivity contribution >= 4 is 28.1 Å². The number of benzene rings is 1. The van der Waals surface area contributed by atoms with Crippen LogP contribution in [-0.4, -0.2) is 17.4 Å². The molecule has 4 nitrogen and oxygen atoms in total. The Morgan fingerprint density at radius 2 is 2.11 bits per heavy atom. The molecule has 0 spiro atoms. The van der Waals surface area contributed by atoms with Crippen LogP contribution in [0.1, 0.15) is 23.8 Å². The Kier molecular flexibility index (Phi) is 4.30. The predicted octanol–water partition coefficient (Wildman–Crippen LogP) is 3.03. The SMILES string of the molecule is CCCNC(=O)c1csc(Nc2ccccc2)n1. The summed E-state index contributed by atoms with van der Waals surface area (Å²) in [5.41, 5.74) is 1.43. The lowest BCUT2D eigenvalue weighted by Crippen LogP contribution is -2.24. The zero-order chi connectivity index (χ0) is 12.8.